The molecular weight excluding hydrogens is 152 g/mol. The molecule has 0 aliphatic carbocycles. The van der Waals surface area contributed by atoms with Crippen LogP contribution in [0.3, 0.4) is 0 Å². The van der Waals surface area contributed by atoms with E-state index in [1.54, 1.807) is 0 Å². The third-order valence-corrected chi connectivity index (χ3v) is 2.12. The number of carbonyl (C=O) groups is 1. The Morgan fingerprint density at radius 1 is 1.42 bits per heavy atom. The lowest BCUT2D eigenvalue weighted by molar-refractivity contribution is -0.120. The number of aromatic nitrogens is 1. The molecule has 12 heavy (non-hydrogen) atoms. The molecule has 0 aromatic carbocycles. The van der Waals surface area contributed by atoms with E-state index in [1.807, 2.05) is 37.5 Å². The molecule has 1 amide bonds. The highest BCUT2D eigenvalue weighted by atomic mass is 16.1. The van der Waals surface area contributed by atoms with Gasteiger partial charge in [0.25, 0.3) is 0 Å². The van der Waals surface area contributed by atoms with Gasteiger partial charge >= 0.3 is 0 Å². The van der Waals surface area contributed by atoms with Crippen molar-refractivity contribution in [2.75, 3.05) is 0 Å². The van der Waals surface area contributed by atoms with Gasteiger partial charge in [-0.15, -0.1) is 0 Å². The molecule has 2 N–H and O–H groups in total. The van der Waals surface area contributed by atoms with Gasteiger partial charge in [0.15, 0.2) is 0 Å². The number of aryl methyl sites for hydroxylation is 2. The van der Waals surface area contributed by atoms with Crippen LogP contribution in [0.25, 0.3) is 0 Å². The number of nitrogens with zero attached hydrogens (tertiary/aromatic N) is 1. The Bertz CT molecular complexity index is 282. The van der Waals surface area contributed by atoms with Crippen LogP contribution in [0.1, 0.15) is 24.4 Å². The van der Waals surface area contributed by atoms with Crippen molar-refractivity contribution in [3.05, 3.63) is 23.5 Å². The molecule has 0 radical (unpaired) electrons. The molecule has 1 unspecified atom stereocenters. The predicted molar refractivity (Wildman–Crippen MR) is 47.8 cm³/mol. The van der Waals surface area contributed by atoms with E-state index < -0.39 is 0 Å². The molecule has 1 atom stereocenters. The number of primary amides is 1. The van der Waals surface area contributed by atoms with E-state index in [9.17, 15) is 4.79 Å². The molecule has 0 aliphatic rings. The topological polar surface area (TPSA) is 48.0 Å². The van der Waals surface area contributed by atoms with Crippen molar-refractivity contribution in [2.24, 2.45) is 5.73 Å². The van der Waals surface area contributed by atoms with Gasteiger partial charge in [0.2, 0.25) is 5.91 Å². The van der Waals surface area contributed by atoms with Crippen molar-refractivity contribution in [1.29, 1.82) is 0 Å². The maximum Gasteiger partial charge on any atom is 0.240 e. The second-order valence-corrected chi connectivity index (χ2v) is 3.06. The van der Waals surface area contributed by atoms with E-state index >= 15 is 0 Å². The Morgan fingerprint density at radius 3 is 2.17 bits per heavy atom. The molecule has 66 valence electrons. The van der Waals surface area contributed by atoms with E-state index in [0.717, 1.165) is 11.4 Å². The smallest absolute Gasteiger partial charge is 0.240 e. The van der Waals surface area contributed by atoms with Gasteiger partial charge in [-0.25, -0.2) is 0 Å². The first kappa shape index (κ1) is 8.84. The van der Waals surface area contributed by atoms with Crippen LogP contribution < -0.4 is 5.73 Å². The maximum atomic E-state index is 10.9. The van der Waals surface area contributed by atoms with Gasteiger partial charge < -0.3 is 10.3 Å². The van der Waals surface area contributed by atoms with Crippen LogP contribution >= 0.6 is 0 Å². The summed E-state index contributed by atoms with van der Waals surface area (Å²) in [4.78, 5) is 10.9. The third kappa shape index (κ3) is 1.35. The van der Waals surface area contributed by atoms with Crippen LogP contribution in [-0.2, 0) is 4.79 Å². The minimum atomic E-state index is -0.294. The average Bonchev–Trinajstić information content (AvgIpc) is 2.30. The van der Waals surface area contributed by atoms with E-state index in [-0.39, 0.29) is 11.9 Å². The zero-order chi connectivity index (χ0) is 9.30. The lowest BCUT2D eigenvalue weighted by atomic mass is 10.3. The molecule has 1 heterocycles. The highest BCUT2D eigenvalue weighted by Gasteiger charge is 2.13. The molecule has 1 rings (SSSR count). The largest absolute Gasteiger partial charge is 0.368 e. The standard InChI is InChI=1S/C9H14N2O/c1-6-4-5-7(2)11(6)8(3)9(10)12/h4-5,8H,1-3H3,(H2,10,12). The predicted octanol–water partition coefficient (Wildman–Crippen LogP) is 1.15. The van der Waals surface area contributed by atoms with Gasteiger partial charge in [0, 0.05) is 11.4 Å². The fraction of sp³-hybridized carbons (Fsp3) is 0.444. The highest BCUT2D eigenvalue weighted by Crippen LogP contribution is 2.14. The van der Waals surface area contributed by atoms with E-state index in [1.165, 1.54) is 0 Å². The minimum Gasteiger partial charge on any atom is -0.368 e. The number of amides is 1. The summed E-state index contributed by atoms with van der Waals surface area (Å²) in [6.45, 7) is 5.74. The first-order valence-corrected chi connectivity index (χ1v) is 3.97. The van der Waals surface area contributed by atoms with E-state index in [4.69, 9.17) is 5.73 Å². The summed E-state index contributed by atoms with van der Waals surface area (Å²) in [5.74, 6) is -0.294. The number of nitrogens with two attached hydrogens (primary N) is 1. The summed E-state index contributed by atoms with van der Waals surface area (Å²) >= 11 is 0. The van der Waals surface area contributed by atoms with Crippen molar-refractivity contribution in [3.8, 4) is 0 Å². The number of carbonyl (C=O) groups excluding carboxylic acids is 1. The lowest BCUT2D eigenvalue weighted by Gasteiger charge is -2.14. The van der Waals surface area contributed by atoms with E-state index in [0.29, 0.717) is 0 Å². The zero-order valence-electron chi connectivity index (χ0n) is 7.66. The van der Waals surface area contributed by atoms with Crippen LogP contribution in [-0.4, -0.2) is 10.5 Å². The number of hydrogen-bond donors (Lipinski definition) is 1. The van der Waals surface area contributed by atoms with Crippen molar-refractivity contribution in [2.45, 2.75) is 26.8 Å². The summed E-state index contributed by atoms with van der Waals surface area (Å²) in [6.07, 6.45) is 0. The van der Waals surface area contributed by atoms with Gasteiger partial charge in [-0.2, -0.15) is 0 Å². The molecule has 1 aromatic rings. The molecule has 0 aliphatic heterocycles. The quantitative estimate of drug-likeness (QED) is 0.704. The van der Waals surface area contributed by atoms with Gasteiger partial charge in [0.1, 0.15) is 6.04 Å². The Balaban J connectivity index is 3.08. The summed E-state index contributed by atoms with van der Waals surface area (Å²) in [5.41, 5.74) is 7.34. The normalized spacial score (nSPS) is 12.9. The van der Waals surface area contributed by atoms with Gasteiger partial charge in [0.05, 0.1) is 0 Å². The number of rotatable bonds is 2. The summed E-state index contributed by atoms with van der Waals surface area (Å²) < 4.78 is 1.93. The fourth-order valence-corrected chi connectivity index (χ4v) is 1.42. The second-order valence-electron chi connectivity index (χ2n) is 3.06. The molecule has 3 nitrogen and oxygen atoms in total. The molecule has 0 bridgehead atoms. The molecule has 0 saturated heterocycles. The Labute approximate surface area is 72.2 Å². The third-order valence-electron chi connectivity index (χ3n) is 2.12. The fourth-order valence-electron chi connectivity index (χ4n) is 1.42. The van der Waals surface area contributed by atoms with Crippen molar-refractivity contribution < 1.29 is 4.79 Å². The Morgan fingerprint density at radius 2 is 1.83 bits per heavy atom. The van der Waals surface area contributed by atoms with Crippen molar-refractivity contribution in [1.82, 2.24) is 4.57 Å². The monoisotopic (exact) mass is 166 g/mol. The van der Waals surface area contributed by atoms with Crippen molar-refractivity contribution in [3.63, 3.8) is 0 Å². The minimum absolute atomic E-state index is 0.250. The van der Waals surface area contributed by atoms with Gasteiger partial charge in [-0.05, 0) is 32.9 Å². The lowest BCUT2D eigenvalue weighted by Crippen LogP contribution is -2.25. The first-order chi connectivity index (χ1) is 5.54. The Kier molecular flexibility index (Phi) is 2.22. The van der Waals surface area contributed by atoms with Gasteiger partial charge in [-0.3, -0.25) is 4.79 Å². The summed E-state index contributed by atoms with van der Waals surface area (Å²) in [5, 5.41) is 0. The first-order valence-electron chi connectivity index (χ1n) is 3.97. The second kappa shape index (κ2) is 3.01. The Hall–Kier alpha value is -1.25. The maximum absolute atomic E-state index is 10.9. The number of hydrogen-bond acceptors (Lipinski definition) is 1. The SMILES string of the molecule is Cc1ccc(C)n1C(C)C(N)=O. The molecule has 3 heteroatoms. The molecule has 0 fully saturated rings. The highest BCUT2D eigenvalue weighted by molar-refractivity contribution is 5.78. The van der Waals surface area contributed by atoms with Crippen LogP contribution in [0.15, 0.2) is 12.1 Å². The van der Waals surface area contributed by atoms with Gasteiger partial charge in [-0.1, -0.05) is 0 Å². The average molecular weight is 166 g/mol. The molecule has 0 saturated carbocycles. The molecule has 0 spiro atoms. The van der Waals surface area contributed by atoms with Crippen LogP contribution in [0.5, 0.6) is 0 Å². The summed E-state index contributed by atoms with van der Waals surface area (Å²) in [7, 11) is 0. The zero-order valence-corrected chi connectivity index (χ0v) is 7.66. The van der Waals surface area contributed by atoms with Crippen LogP contribution in [0.2, 0.25) is 0 Å². The van der Waals surface area contributed by atoms with Crippen LogP contribution in [0, 0.1) is 13.8 Å². The molecule has 1 aromatic heterocycles. The van der Waals surface area contributed by atoms with Crippen molar-refractivity contribution >= 4 is 5.91 Å². The summed E-state index contributed by atoms with van der Waals surface area (Å²) in [6, 6.07) is 3.71. The molecular formula is C9H14N2O. The van der Waals surface area contributed by atoms with Crippen LogP contribution in [0.4, 0.5) is 0 Å². The van der Waals surface area contributed by atoms with E-state index in [2.05, 4.69) is 0 Å².